The molecule has 3 rings (SSSR count). The summed E-state index contributed by atoms with van der Waals surface area (Å²) in [6.45, 7) is 2.26. The highest BCUT2D eigenvalue weighted by molar-refractivity contribution is 5.71. The SMILES string of the molecule is CCCCCC1CCC(c2ccc(OC)c(-c3ccc(F)c(F)c3)c2)CC1. The van der Waals surface area contributed by atoms with E-state index >= 15 is 0 Å². The second-order valence-electron chi connectivity index (χ2n) is 7.80. The zero-order chi connectivity index (χ0) is 19.2. The fraction of sp³-hybridized carbons (Fsp3) is 0.500. The van der Waals surface area contributed by atoms with Crippen LogP contribution >= 0.6 is 0 Å². The molecule has 1 aliphatic rings. The highest BCUT2D eigenvalue weighted by Gasteiger charge is 2.23. The Morgan fingerprint density at radius 3 is 2.37 bits per heavy atom. The maximum Gasteiger partial charge on any atom is 0.159 e. The number of ether oxygens (including phenoxy) is 1. The summed E-state index contributed by atoms with van der Waals surface area (Å²) in [4.78, 5) is 0. The van der Waals surface area contributed by atoms with Crippen molar-refractivity contribution in [2.75, 3.05) is 7.11 Å². The molecule has 0 saturated heterocycles. The van der Waals surface area contributed by atoms with Crippen LogP contribution in [0.5, 0.6) is 5.75 Å². The third-order valence-corrected chi connectivity index (χ3v) is 5.99. The van der Waals surface area contributed by atoms with Crippen LogP contribution in [0.1, 0.15) is 69.8 Å². The van der Waals surface area contributed by atoms with Gasteiger partial charge in [-0.05, 0) is 72.9 Å². The lowest BCUT2D eigenvalue weighted by atomic mass is 9.76. The molecule has 0 heterocycles. The molecule has 0 aliphatic heterocycles. The van der Waals surface area contributed by atoms with Gasteiger partial charge in [-0.15, -0.1) is 0 Å². The van der Waals surface area contributed by atoms with E-state index in [9.17, 15) is 8.78 Å². The van der Waals surface area contributed by atoms with Crippen molar-refractivity contribution in [2.24, 2.45) is 5.92 Å². The summed E-state index contributed by atoms with van der Waals surface area (Å²) in [6, 6.07) is 10.2. The number of halogens is 2. The molecule has 2 aromatic carbocycles. The van der Waals surface area contributed by atoms with Crippen molar-refractivity contribution < 1.29 is 13.5 Å². The highest BCUT2D eigenvalue weighted by Crippen LogP contribution is 2.40. The van der Waals surface area contributed by atoms with E-state index in [0.29, 0.717) is 17.2 Å². The summed E-state index contributed by atoms with van der Waals surface area (Å²) in [5.41, 5.74) is 2.77. The fourth-order valence-corrected chi connectivity index (χ4v) is 4.34. The van der Waals surface area contributed by atoms with E-state index in [4.69, 9.17) is 4.74 Å². The second-order valence-corrected chi connectivity index (χ2v) is 7.80. The number of hydrogen-bond acceptors (Lipinski definition) is 1. The molecule has 1 saturated carbocycles. The van der Waals surface area contributed by atoms with Gasteiger partial charge >= 0.3 is 0 Å². The number of methoxy groups -OCH3 is 1. The minimum Gasteiger partial charge on any atom is -0.496 e. The normalized spacial score (nSPS) is 19.9. The van der Waals surface area contributed by atoms with Crippen LogP contribution in [-0.4, -0.2) is 7.11 Å². The maximum absolute atomic E-state index is 13.7. The quantitative estimate of drug-likeness (QED) is 0.457. The summed E-state index contributed by atoms with van der Waals surface area (Å²) in [5.74, 6) is 0.458. The van der Waals surface area contributed by atoms with Gasteiger partial charge in [0.15, 0.2) is 11.6 Å². The standard InChI is InChI=1S/C24H30F2O/c1-3-4-5-6-17-7-9-18(10-8-17)19-12-14-24(27-2)21(15-19)20-11-13-22(25)23(26)16-20/h11-18H,3-10H2,1-2H3. The van der Waals surface area contributed by atoms with E-state index < -0.39 is 11.6 Å². The Kier molecular flexibility index (Phi) is 6.87. The molecule has 0 bridgehead atoms. The van der Waals surface area contributed by atoms with Gasteiger partial charge < -0.3 is 4.74 Å². The molecule has 1 fully saturated rings. The van der Waals surface area contributed by atoms with Gasteiger partial charge in [0.25, 0.3) is 0 Å². The molecule has 146 valence electrons. The second kappa shape index (κ2) is 9.34. The molecule has 27 heavy (non-hydrogen) atoms. The molecule has 3 heteroatoms. The van der Waals surface area contributed by atoms with Crippen LogP contribution in [0.3, 0.4) is 0 Å². The van der Waals surface area contributed by atoms with Crippen molar-refractivity contribution in [3.05, 3.63) is 53.6 Å². The molecule has 0 N–H and O–H groups in total. The minimum absolute atomic E-state index is 0.544. The lowest BCUT2D eigenvalue weighted by molar-refractivity contribution is 0.302. The first kappa shape index (κ1) is 19.9. The van der Waals surface area contributed by atoms with Crippen molar-refractivity contribution in [1.29, 1.82) is 0 Å². The van der Waals surface area contributed by atoms with Crippen molar-refractivity contribution in [2.45, 2.75) is 64.2 Å². The van der Waals surface area contributed by atoms with E-state index in [0.717, 1.165) is 11.5 Å². The van der Waals surface area contributed by atoms with Gasteiger partial charge in [0.2, 0.25) is 0 Å². The topological polar surface area (TPSA) is 9.23 Å². The molecule has 0 unspecified atom stereocenters. The van der Waals surface area contributed by atoms with Crippen LogP contribution < -0.4 is 4.74 Å². The van der Waals surface area contributed by atoms with Crippen molar-refractivity contribution in [1.82, 2.24) is 0 Å². The smallest absolute Gasteiger partial charge is 0.159 e. The lowest BCUT2D eigenvalue weighted by Gasteiger charge is -2.29. The Morgan fingerprint density at radius 1 is 0.926 bits per heavy atom. The van der Waals surface area contributed by atoms with Crippen LogP contribution in [0.25, 0.3) is 11.1 Å². The van der Waals surface area contributed by atoms with Crippen LogP contribution in [0.4, 0.5) is 8.78 Å². The van der Waals surface area contributed by atoms with Gasteiger partial charge in [0.1, 0.15) is 5.75 Å². The van der Waals surface area contributed by atoms with Gasteiger partial charge in [-0.1, -0.05) is 44.7 Å². The van der Waals surface area contributed by atoms with Gasteiger partial charge in [0.05, 0.1) is 7.11 Å². The molecular formula is C24H30F2O. The first-order valence-corrected chi connectivity index (χ1v) is 10.3. The average molecular weight is 372 g/mol. The van der Waals surface area contributed by atoms with Crippen LogP contribution in [0.15, 0.2) is 36.4 Å². The van der Waals surface area contributed by atoms with Crippen LogP contribution in [0.2, 0.25) is 0 Å². The molecule has 0 atom stereocenters. The van der Waals surface area contributed by atoms with Gasteiger partial charge in [-0.3, -0.25) is 0 Å². The van der Waals surface area contributed by atoms with E-state index in [1.165, 1.54) is 69.1 Å². The molecule has 0 radical (unpaired) electrons. The minimum atomic E-state index is -0.826. The molecule has 0 aromatic heterocycles. The van der Waals surface area contributed by atoms with Crippen molar-refractivity contribution >= 4 is 0 Å². The first-order valence-electron chi connectivity index (χ1n) is 10.3. The van der Waals surface area contributed by atoms with E-state index in [2.05, 4.69) is 19.1 Å². The summed E-state index contributed by atoms with van der Waals surface area (Å²) in [6.07, 6.45) is 10.4. The van der Waals surface area contributed by atoms with Gasteiger partial charge in [-0.2, -0.15) is 0 Å². The number of rotatable bonds is 7. The highest BCUT2D eigenvalue weighted by atomic mass is 19.2. The summed E-state index contributed by atoms with van der Waals surface area (Å²) in [5, 5.41) is 0. The summed E-state index contributed by atoms with van der Waals surface area (Å²) in [7, 11) is 1.61. The Morgan fingerprint density at radius 2 is 1.70 bits per heavy atom. The van der Waals surface area contributed by atoms with E-state index in [1.54, 1.807) is 13.2 Å². The lowest BCUT2D eigenvalue weighted by Crippen LogP contribution is -2.13. The van der Waals surface area contributed by atoms with Crippen LogP contribution in [0, 0.1) is 17.6 Å². The number of unbranched alkanes of at least 4 members (excludes halogenated alkanes) is 2. The zero-order valence-electron chi connectivity index (χ0n) is 16.4. The van der Waals surface area contributed by atoms with E-state index in [-0.39, 0.29) is 0 Å². The molecule has 1 aliphatic carbocycles. The summed E-state index contributed by atoms with van der Waals surface area (Å²) >= 11 is 0. The van der Waals surface area contributed by atoms with Gasteiger partial charge in [-0.25, -0.2) is 8.78 Å². The first-order chi connectivity index (χ1) is 13.1. The molecule has 0 spiro atoms. The average Bonchev–Trinajstić information content (AvgIpc) is 2.70. The predicted molar refractivity (Wildman–Crippen MR) is 107 cm³/mol. The van der Waals surface area contributed by atoms with Crippen molar-refractivity contribution in [3.8, 4) is 16.9 Å². The molecule has 2 aromatic rings. The molecule has 0 amide bonds. The zero-order valence-corrected chi connectivity index (χ0v) is 16.4. The van der Waals surface area contributed by atoms with Gasteiger partial charge in [0, 0.05) is 5.56 Å². The fourth-order valence-electron chi connectivity index (χ4n) is 4.34. The molecular weight excluding hydrogens is 342 g/mol. The Balaban J connectivity index is 1.75. The van der Waals surface area contributed by atoms with Crippen molar-refractivity contribution in [3.63, 3.8) is 0 Å². The van der Waals surface area contributed by atoms with Crippen LogP contribution in [-0.2, 0) is 0 Å². The Bertz CT molecular complexity index is 748. The summed E-state index contributed by atoms with van der Waals surface area (Å²) < 4.78 is 32.5. The third-order valence-electron chi connectivity index (χ3n) is 5.99. The largest absolute Gasteiger partial charge is 0.496 e. The Labute approximate surface area is 161 Å². The van der Waals surface area contributed by atoms with E-state index in [1.807, 2.05) is 6.07 Å². The number of benzene rings is 2. The maximum atomic E-state index is 13.7. The Hall–Kier alpha value is -1.90. The molecule has 1 nitrogen and oxygen atoms in total. The monoisotopic (exact) mass is 372 g/mol. The number of hydrogen-bond donors (Lipinski definition) is 0. The third kappa shape index (κ3) is 4.88. The predicted octanol–water partition coefficient (Wildman–Crippen LogP) is 7.49.